The van der Waals surface area contributed by atoms with Crippen LogP contribution in [0.25, 0.3) is 0 Å². The molecule has 3 aliphatic rings. The van der Waals surface area contributed by atoms with Gasteiger partial charge in [0.1, 0.15) is 0 Å². The van der Waals surface area contributed by atoms with Crippen LogP contribution in [0, 0.1) is 30.5 Å². The molecule has 8 nitrogen and oxygen atoms in total. The molecule has 1 amide bonds. The number of benzene rings is 1. The van der Waals surface area contributed by atoms with E-state index in [2.05, 4.69) is 51.2 Å². The summed E-state index contributed by atoms with van der Waals surface area (Å²) in [4.78, 5) is 25.6. The summed E-state index contributed by atoms with van der Waals surface area (Å²) >= 11 is 0. The molecule has 4 atom stereocenters. The van der Waals surface area contributed by atoms with Crippen LogP contribution in [-0.4, -0.2) is 54.0 Å². The number of hydrogen-bond donors (Lipinski definition) is 3. The maximum Gasteiger partial charge on any atom is 0.227 e. The first kappa shape index (κ1) is 23.1. The normalized spacial score (nSPS) is 26.3. The molecule has 1 aliphatic heterocycles. The molecule has 4 unspecified atom stereocenters. The zero-order valence-corrected chi connectivity index (χ0v) is 19.2. The molecule has 2 aliphatic carbocycles. The van der Waals surface area contributed by atoms with Crippen LogP contribution in [0.2, 0.25) is 0 Å². The van der Waals surface area contributed by atoms with E-state index in [1.54, 1.807) is 0 Å². The standard InChI is InChI=1S/C24H29FN6O.H3N/c1-14-4-3-5-18(22(14)31-10-8-30(2)9-11-31)28-24-27-13-17(25)21(29-24)19-15-6-7-16(12-15)20(19)23(26)32;/h3-7,13,15-16,19-20H,8-12H2,1-2H3,(H2,26,32)(H,27,28,29);1H3. The Bertz CT molecular complexity index is 1070. The highest BCUT2D eigenvalue weighted by Crippen LogP contribution is 2.53. The van der Waals surface area contributed by atoms with Crippen molar-refractivity contribution in [1.29, 1.82) is 0 Å². The summed E-state index contributed by atoms with van der Waals surface area (Å²) in [5.41, 5.74) is 9.14. The largest absolute Gasteiger partial charge is 0.369 e. The molecule has 176 valence electrons. The highest BCUT2D eigenvalue weighted by molar-refractivity contribution is 5.80. The number of rotatable bonds is 5. The first-order valence-corrected chi connectivity index (χ1v) is 11.2. The zero-order valence-electron chi connectivity index (χ0n) is 19.2. The average molecular weight is 454 g/mol. The number of anilines is 3. The Morgan fingerprint density at radius 2 is 1.91 bits per heavy atom. The SMILES string of the molecule is Cc1cccc(Nc2ncc(F)c(C3C4C=CC(C4)C3C(N)=O)n2)c1N1CCN(C)CC1.N. The maximum atomic E-state index is 14.9. The third-order valence-corrected chi connectivity index (χ3v) is 7.18. The summed E-state index contributed by atoms with van der Waals surface area (Å²) < 4.78 is 14.9. The summed E-state index contributed by atoms with van der Waals surface area (Å²) in [6, 6.07) is 6.08. The monoisotopic (exact) mass is 453 g/mol. The summed E-state index contributed by atoms with van der Waals surface area (Å²) in [7, 11) is 2.13. The number of piperazine rings is 1. The molecule has 2 aromatic rings. The molecule has 5 rings (SSSR count). The number of primary amides is 1. The van der Waals surface area contributed by atoms with Gasteiger partial charge in [-0.1, -0.05) is 24.3 Å². The van der Waals surface area contributed by atoms with E-state index in [-0.39, 0.29) is 29.6 Å². The number of fused-ring (bicyclic) bond motifs is 2. The van der Waals surface area contributed by atoms with E-state index in [9.17, 15) is 9.18 Å². The van der Waals surface area contributed by atoms with Gasteiger partial charge < -0.3 is 27.0 Å². The Balaban J connectivity index is 0.00000259. The van der Waals surface area contributed by atoms with E-state index in [1.807, 2.05) is 18.2 Å². The number of aryl methyl sites for hydroxylation is 1. The van der Waals surface area contributed by atoms with Crippen molar-refractivity contribution in [3.63, 3.8) is 0 Å². The summed E-state index contributed by atoms with van der Waals surface area (Å²) in [5, 5.41) is 3.32. The fourth-order valence-electron chi connectivity index (χ4n) is 5.59. The van der Waals surface area contributed by atoms with Gasteiger partial charge in [-0.25, -0.2) is 14.4 Å². The first-order chi connectivity index (χ1) is 15.4. The predicted molar refractivity (Wildman–Crippen MR) is 127 cm³/mol. The fraction of sp³-hybridized carbons (Fsp3) is 0.458. The molecule has 1 aromatic carbocycles. The van der Waals surface area contributed by atoms with Gasteiger partial charge in [0.05, 0.1) is 29.2 Å². The number of likely N-dealkylation sites (N-methyl/N-ethyl adjacent to an activating group) is 1. The average Bonchev–Trinajstić information content (AvgIpc) is 3.38. The van der Waals surface area contributed by atoms with Gasteiger partial charge >= 0.3 is 0 Å². The van der Waals surface area contributed by atoms with E-state index >= 15 is 0 Å². The van der Waals surface area contributed by atoms with Crippen LogP contribution in [0.1, 0.15) is 23.6 Å². The maximum absolute atomic E-state index is 14.9. The molecule has 6 N–H and O–H groups in total. The molecule has 9 heteroatoms. The molecule has 2 heterocycles. The molecule has 33 heavy (non-hydrogen) atoms. The summed E-state index contributed by atoms with van der Waals surface area (Å²) in [6.07, 6.45) is 6.11. The topological polar surface area (TPSA) is 122 Å². The summed E-state index contributed by atoms with van der Waals surface area (Å²) in [5.74, 6) is -1.18. The molecule has 1 saturated heterocycles. The van der Waals surface area contributed by atoms with E-state index in [0.717, 1.165) is 49.5 Å². The van der Waals surface area contributed by atoms with E-state index < -0.39 is 17.6 Å². The van der Waals surface area contributed by atoms with E-state index in [1.165, 1.54) is 6.20 Å². The van der Waals surface area contributed by atoms with Crippen LogP contribution >= 0.6 is 0 Å². The Labute approximate surface area is 193 Å². The van der Waals surface area contributed by atoms with Crippen LogP contribution in [0.3, 0.4) is 0 Å². The lowest BCUT2D eigenvalue weighted by Crippen LogP contribution is -2.45. The molecule has 0 radical (unpaired) electrons. The number of allylic oxidation sites excluding steroid dienone is 2. The minimum absolute atomic E-state index is 0. The molecular weight excluding hydrogens is 421 g/mol. The van der Waals surface area contributed by atoms with Gasteiger partial charge in [0.25, 0.3) is 0 Å². The number of hydrogen-bond acceptors (Lipinski definition) is 7. The number of nitrogens with two attached hydrogens (primary N) is 1. The molecule has 2 fully saturated rings. The van der Waals surface area contributed by atoms with Crippen molar-refractivity contribution in [2.75, 3.05) is 43.4 Å². The Hall–Kier alpha value is -3.04. The van der Waals surface area contributed by atoms with Crippen molar-refractivity contribution in [1.82, 2.24) is 21.0 Å². The molecular formula is C24H32FN7O. The van der Waals surface area contributed by atoms with Crippen LogP contribution in [-0.2, 0) is 4.79 Å². The van der Waals surface area contributed by atoms with E-state index in [4.69, 9.17) is 5.73 Å². The number of para-hydroxylation sites is 1. The number of nitrogens with one attached hydrogen (secondary N) is 1. The smallest absolute Gasteiger partial charge is 0.227 e. The van der Waals surface area contributed by atoms with Crippen molar-refractivity contribution >= 4 is 23.2 Å². The van der Waals surface area contributed by atoms with Crippen LogP contribution in [0.15, 0.2) is 36.5 Å². The number of carbonyl (C=O) groups excluding carboxylic acids is 1. The molecule has 0 spiro atoms. The number of carbonyl (C=O) groups is 1. The Morgan fingerprint density at radius 1 is 1.18 bits per heavy atom. The zero-order chi connectivity index (χ0) is 22.4. The molecule has 1 aromatic heterocycles. The van der Waals surface area contributed by atoms with Gasteiger partial charge in [-0.2, -0.15) is 0 Å². The van der Waals surface area contributed by atoms with Gasteiger partial charge in [-0.15, -0.1) is 0 Å². The lowest BCUT2D eigenvalue weighted by molar-refractivity contribution is -0.123. The highest BCUT2D eigenvalue weighted by atomic mass is 19.1. The number of aromatic nitrogens is 2. The Kier molecular flexibility index (Phi) is 6.36. The van der Waals surface area contributed by atoms with Crippen molar-refractivity contribution in [2.45, 2.75) is 19.3 Å². The lowest BCUT2D eigenvalue weighted by Gasteiger charge is -2.36. The van der Waals surface area contributed by atoms with Crippen LogP contribution in [0.4, 0.5) is 21.7 Å². The quantitative estimate of drug-likeness (QED) is 0.595. The minimum Gasteiger partial charge on any atom is -0.369 e. The van der Waals surface area contributed by atoms with Crippen LogP contribution in [0.5, 0.6) is 0 Å². The lowest BCUT2D eigenvalue weighted by atomic mass is 9.80. The minimum atomic E-state index is -0.490. The van der Waals surface area contributed by atoms with Gasteiger partial charge in [-0.05, 0) is 43.9 Å². The van der Waals surface area contributed by atoms with E-state index in [0.29, 0.717) is 5.95 Å². The van der Waals surface area contributed by atoms with Gasteiger partial charge in [0.15, 0.2) is 5.82 Å². The first-order valence-electron chi connectivity index (χ1n) is 11.2. The van der Waals surface area contributed by atoms with Crippen molar-refractivity contribution in [3.8, 4) is 0 Å². The van der Waals surface area contributed by atoms with Crippen molar-refractivity contribution in [3.05, 3.63) is 53.6 Å². The third kappa shape index (κ3) is 4.18. The van der Waals surface area contributed by atoms with Gasteiger partial charge in [0.2, 0.25) is 11.9 Å². The Morgan fingerprint density at radius 3 is 2.64 bits per heavy atom. The van der Waals surface area contributed by atoms with Gasteiger partial charge in [-0.3, -0.25) is 4.79 Å². The van der Waals surface area contributed by atoms with Crippen molar-refractivity contribution in [2.24, 2.45) is 23.5 Å². The second-order valence-electron chi connectivity index (χ2n) is 9.22. The second-order valence-corrected chi connectivity index (χ2v) is 9.22. The number of halogens is 1. The number of amides is 1. The molecule has 1 saturated carbocycles. The van der Waals surface area contributed by atoms with Gasteiger partial charge in [0, 0.05) is 32.1 Å². The predicted octanol–water partition coefficient (Wildman–Crippen LogP) is 2.97. The third-order valence-electron chi connectivity index (χ3n) is 7.18. The highest BCUT2D eigenvalue weighted by Gasteiger charge is 2.49. The molecule has 2 bridgehead atoms. The fourth-order valence-corrected chi connectivity index (χ4v) is 5.59. The van der Waals surface area contributed by atoms with Crippen molar-refractivity contribution < 1.29 is 9.18 Å². The second kappa shape index (κ2) is 9.07. The summed E-state index contributed by atoms with van der Waals surface area (Å²) in [6.45, 7) is 5.95. The van der Waals surface area contributed by atoms with Crippen LogP contribution < -0.4 is 22.1 Å². The number of nitrogens with zero attached hydrogens (tertiary/aromatic N) is 4.